The lowest BCUT2D eigenvalue weighted by Crippen LogP contribution is -2.17. The fourth-order valence-corrected chi connectivity index (χ4v) is 2.29. The van der Waals surface area contributed by atoms with Gasteiger partial charge in [0.15, 0.2) is 0 Å². The van der Waals surface area contributed by atoms with Gasteiger partial charge in [-0.1, -0.05) is 30.3 Å². The van der Waals surface area contributed by atoms with Gasteiger partial charge in [0, 0.05) is 0 Å². The van der Waals surface area contributed by atoms with Crippen molar-refractivity contribution in [2.24, 2.45) is 0 Å². The van der Waals surface area contributed by atoms with Crippen molar-refractivity contribution in [1.29, 1.82) is 0 Å². The van der Waals surface area contributed by atoms with Crippen molar-refractivity contribution >= 4 is 33.2 Å². The van der Waals surface area contributed by atoms with Gasteiger partial charge in [0.1, 0.15) is 21.2 Å². The summed E-state index contributed by atoms with van der Waals surface area (Å²) < 4.78 is 35.3. The molecule has 1 heterocycles. The van der Waals surface area contributed by atoms with Crippen LogP contribution >= 0.6 is 0 Å². The highest BCUT2D eigenvalue weighted by molar-refractivity contribution is 7.85. The quantitative estimate of drug-likeness (QED) is 0.682. The molecule has 0 radical (unpaired) electrons. The number of ether oxygens (including phenoxy) is 1. The van der Waals surface area contributed by atoms with Crippen LogP contribution in [0.15, 0.2) is 59.5 Å². The number of hydrogen-bond acceptors (Lipinski definition) is 5. The van der Waals surface area contributed by atoms with E-state index in [1.54, 1.807) is 6.07 Å². The van der Waals surface area contributed by atoms with E-state index < -0.39 is 16.2 Å². The topological polar surface area (TPSA) is 125 Å². The van der Waals surface area contributed by atoms with Crippen molar-refractivity contribution in [3.8, 4) is 0 Å². The number of aromatic amines is 2. The summed E-state index contributed by atoms with van der Waals surface area (Å²) >= 11 is 0. The molecular formula is C15H15N3O5S. The van der Waals surface area contributed by atoms with Gasteiger partial charge in [0.05, 0.1) is 12.0 Å². The number of amides is 1. The van der Waals surface area contributed by atoms with Crippen molar-refractivity contribution < 1.29 is 27.5 Å². The van der Waals surface area contributed by atoms with E-state index in [4.69, 9.17) is 0 Å². The summed E-state index contributed by atoms with van der Waals surface area (Å²) in [6.07, 6.45) is -0.507. The number of methoxy groups -OCH3 is 1. The molecule has 0 atom stereocenters. The molecule has 0 saturated carbocycles. The van der Waals surface area contributed by atoms with E-state index in [2.05, 4.69) is 20.0 Å². The summed E-state index contributed by atoms with van der Waals surface area (Å²) in [6, 6.07) is 14.8. The first-order valence-corrected chi connectivity index (χ1v) is 8.17. The Balaban J connectivity index is 0.000000185. The van der Waals surface area contributed by atoms with E-state index in [0.717, 1.165) is 11.0 Å². The average Bonchev–Trinajstić information content (AvgIpc) is 2.97. The van der Waals surface area contributed by atoms with Crippen LogP contribution in [0.3, 0.4) is 0 Å². The Morgan fingerprint density at radius 2 is 1.75 bits per heavy atom. The molecule has 3 aromatic rings. The Hall–Kier alpha value is -2.91. The van der Waals surface area contributed by atoms with Gasteiger partial charge in [0.2, 0.25) is 0 Å². The predicted octanol–water partition coefficient (Wildman–Crippen LogP) is 1.75. The minimum Gasteiger partial charge on any atom is -0.744 e. The molecular weight excluding hydrogens is 334 g/mol. The van der Waals surface area contributed by atoms with Gasteiger partial charge in [-0.15, -0.1) is 0 Å². The number of aromatic nitrogens is 2. The average molecular weight is 349 g/mol. The largest absolute Gasteiger partial charge is 0.744 e. The number of para-hydroxylation sites is 2. The van der Waals surface area contributed by atoms with Crippen molar-refractivity contribution in [2.75, 3.05) is 12.4 Å². The van der Waals surface area contributed by atoms with Crippen LogP contribution in [-0.2, 0) is 14.9 Å². The molecule has 1 amide bonds. The molecule has 1 aromatic heterocycles. The smallest absolute Gasteiger partial charge is 0.476 e. The molecule has 0 fully saturated rings. The van der Waals surface area contributed by atoms with Gasteiger partial charge < -0.3 is 9.29 Å². The van der Waals surface area contributed by atoms with Crippen LogP contribution in [0.1, 0.15) is 0 Å². The molecule has 0 spiro atoms. The summed E-state index contributed by atoms with van der Waals surface area (Å²) in [4.78, 5) is 16.7. The number of carbonyl (C=O) groups is 1. The van der Waals surface area contributed by atoms with Crippen LogP contribution in [0.2, 0.25) is 0 Å². The zero-order chi connectivity index (χ0) is 17.6. The van der Waals surface area contributed by atoms with E-state index in [1.807, 2.05) is 24.3 Å². The van der Waals surface area contributed by atoms with E-state index in [1.165, 1.54) is 31.4 Å². The standard InChI is InChI=1S/C9H9N3O2.C6H6O3S/c1-14-9(13)12-8-10-6-4-2-3-5-7(6)11-8;7-10(8,9)6-4-2-1-3-5-6/h2-5H,1H3,(H2,10,11,12,13);1-5H,(H,7,8,9). The summed E-state index contributed by atoms with van der Waals surface area (Å²) in [5.74, 6) is 0.512. The van der Waals surface area contributed by atoms with Gasteiger partial charge >= 0.3 is 12.0 Å². The number of rotatable bonds is 2. The molecule has 3 rings (SSSR count). The highest BCUT2D eigenvalue weighted by Gasteiger charge is 2.12. The molecule has 9 heteroatoms. The Bertz CT molecular complexity index is 889. The molecule has 0 unspecified atom stereocenters. The van der Waals surface area contributed by atoms with Crippen LogP contribution in [-0.4, -0.2) is 31.2 Å². The third-order valence-corrected chi connectivity index (χ3v) is 3.74. The van der Waals surface area contributed by atoms with Crippen LogP contribution < -0.4 is 10.3 Å². The second-order valence-corrected chi connectivity index (χ2v) is 5.93. The zero-order valence-corrected chi connectivity index (χ0v) is 13.5. The third kappa shape index (κ3) is 4.80. The Labute approximate surface area is 138 Å². The lowest BCUT2D eigenvalue weighted by Gasteiger charge is -2.04. The third-order valence-electron chi connectivity index (χ3n) is 2.89. The molecule has 0 saturated heterocycles. The van der Waals surface area contributed by atoms with Crippen LogP contribution in [0.5, 0.6) is 0 Å². The molecule has 0 aliphatic rings. The number of carbonyl (C=O) groups excluding carboxylic acids is 1. The molecule has 0 bridgehead atoms. The minimum atomic E-state index is -4.25. The first kappa shape index (κ1) is 17.4. The van der Waals surface area contributed by atoms with E-state index >= 15 is 0 Å². The highest BCUT2D eigenvalue weighted by atomic mass is 32.2. The molecule has 0 aliphatic heterocycles. The van der Waals surface area contributed by atoms with Crippen molar-refractivity contribution in [3.05, 3.63) is 54.6 Å². The Morgan fingerprint density at radius 1 is 1.12 bits per heavy atom. The predicted molar refractivity (Wildman–Crippen MR) is 85.3 cm³/mol. The first-order chi connectivity index (χ1) is 11.4. The zero-order valence-electron chi connectivity index (χ0n) is 12.6. The van der Waals surface area contributed by atoms with Crippen molar-refractivity contribution in [2.45, 2.75) is 4.90 Å². The maximum atomic E-state index is 10.9. The highest BCUT2D eigenvalue weighted by Crippen LogP contribution is 2.08. The summed E-state index contributed by atoms with van der Waals surface area (Å²) in [6.45, 7) is 0. The number of nitrogens with one attached hydrogen (secondary N) is 3. The maximum absolute atomic E-state index is 10.9. The molecule has 126 valence electrons. The van der Waals surface area contributed by atoms with E-state index in [-0.39, 0.29) is 4.90 Å². The Morgan fingerprint density at radius 3 is 2.29 bits per heavy atom. The molecule has 2 aromatic carbocycles. The van der Waals surface area contributed by atoms with E-state index in [9.17, 15) is 17.8 Å². The summed E-state index contributed by atoms with van der Waals surface area (Å²) in [7, 11) is -2.94. The fourth-order valence-electron chi connectivity index (χ4n) is 1.80. The Kier molecular flexibility index (Phi) is 5.51. The number of hydrogen-bond donors (Lipinski definition) is 2. The normalized spacial score (nSPS) is 10.6. The molecule has 3 N–H and O–H groups in total. The summed E-state index contributed by atoms with van der Waals surface area (Å²) in [5, 5.41) is 2.51. The molecule has 8 nitrogen and oxygen atoms in total. The van der Waals surface area contributed by atoms with Crippen molar-refractivity contribution in [1.82, 2.24) is 4.98 Å². The minimum absolute atomic E-state index is 0.185. The SMILES string of the molecule is COC(=O)Nc1[nH]c2ccccc2[nH+]1.O=S(=O)([O-])c1ccccc1. The van der Waals surface area contributed by atoms with Gasteiger partial charge in [-0.2, -0.15) is 5.32 Å². The first-order valence-electron chi connectivity index (χ1n) is 6.76. The number of anilines is 1. The van der Waals surface area contributed by atoms with Gasteiger partial charge in [-0.05, 0) is 24.3 Å². The molecule has 24 heavy (non-hydrogen) atoms. The van der Waals surface area contributed by atoms with Crippen LogP contribution in [0, 0.1) is 0 Å². The maximum Gasteiger partial charge on any atom is 0.476 e. The van der Waals surface area contributed by atoms with E-state index in [0.29, 0.717) is 5.95 Å². The number of fused-ring (bicyclic) bond motifs is 1. The number of benzene rings is 2. The van der Waals surface area contributed by atoms with Crippen LogP contribution in [0.25, 0.3) is 11.0 Å². The summed E-state index contributed by atoms with van der Waals surface area (Å²) in [5.41, 5.74) is 1.86. The van der Waals surface area contributed by atoms with Crippen molar-refractivity contribution in [3.63, 3.8) is 0 Å². The number of imidazole rings is 1. The van der Waals surface area contributed by atoms with Gasteiger partial charge in [-0.25, -0.2) is 23.2 Å². The lowest BCUT2D eigenvalue weighted by molar-refractivity contribution is -0.326. The van der Waals surface area contributed by atoms with Crippen LogP contribution in [0.4, 0.5) is 10.7 Å². The monoisotopic (exact) mass is 349 g/mol. The van der Waals surface area contributed by atoms with Gasteiger partial charge in [0.25, 0.3) is 0 Å². The fraction of sp³-hybridized carbons (Fsp3) is 0.0667. The lowest BCUT2D eigenvalue weighted by atomic mass is 10.3. The number of H-pyrrole nitrogens is 2. The second-order valence-electron chi connectivity index (χ2n) is 4.55. The second kappa shape index (κ2) is 7.57. The molecule has 0 aliphatic carbocycles. The van der Waals surface area contributed by atoms with Gasteiger partial charge in [-0.3, -0.25) is 0 Å².